The van der Waals surface area contributed by atoms with Crippen LogP contribution in [0.25, 0.3) is 0 Å². The predicted molar refractivity (Wildman–Crippen MR) is 80.3 cm³/mol. The Morgan fingerprint density at radius 1 is 1.24 bits per heavy atom. The lowest BCUT2D eigenvalue weighted by Gasteiger charge is -2.15. The van der Waals surface area contributed by atoms with Gasteiger partial charge in [0.25, 0.3) is 0 Å². The van der Waals surface area contributed by atoms with Gasteiger partial charge in [-0.1, -0.05) is 6.07 Å². The average molecular weight is 291 g/mol. The molecule has 0 unspecified atom stereocenters. The summed E-state index contributed by atoms with van der Waals surface area (Å²) in [6.45, 7) is 1.97. The zero-order chi connectivity index (χ0) is 15.1. The molecule has 2 N–H and O–H groups in total. The molecule has 1 aliphatic heterocycles. The van der Waals surface area contributed by atoms with Gasteiger partial charge in [0, 0.05) is 24.8 Å². The number of benzene rings is 1. The van der Waals surface area contributed by atoms with Crippen molar-refractivity contribution in [3.05, 3.63) is 24.3 Å². The smallest absolute Gasteiger partial charge is 0.238 e. The Balaban J connectivity index is 1.70. The van der Waals surface area contributed by atoms with Crippen molar-refractivity contribution >= 4 is 17.5 Å². The Labute approximate surface area is 124 Å². The van der Waals surface area contributed by atoms with Gasteiger partial charge in [-0.25, -0.2) is 0 Å². The van der Waals surface area contributed by atoms with Gasteiger partial charge in [0.2, 0.25) is 11.8 Å². The van der Waals surface area contributed by atoms with E-state index in [1.165, 1.54) is 0 Å². The molecule has 0 radical (unpaired) electrons. The number of hydrogen-bond acceptors (Lipinski definition) is 4. The van der Waals surface area contributed by atoms with Crippen LogP contribution in [0, 0.1) is 0 Å². The van der Waals surface area contributed by atoms with E-state index in [2.05, 4.69) is 10.6 Å². The number of amides is 2. The van der Waals surface area contributed by atoms with Crippen LogP contribution in [0.15, 0.2) is 24.3 Å². The molecule has 0 atom stereocenters. The minimum atomic E-state index is -0.183. The van der Waals surface area contributed by atoms with Gasteiger partial charge in [-0.2, -0.15) is 0 Å². The number of carbonyl (C=O) groups excluding carboxylic acids is 2. The highest BCUT2D eigenvalue weighted by Crippen LogP contribution is 2.16. The van der Waals surface area contributed by atoms with Crippen LogP contribution < -0.4 is 15.4 Å². The topological polar surface area (TPSA) is 70.7 Å². The molecule has 21 heavy (non-hydrogen) atoms. The first kappa shape index (κ1) is 15.3. The maximum Gasteiger partial charge on any atom is 0.238 e. The monoisotopic (exact) mass is 291 g/mol. The molecule has 2 amide bonds. The van der Waals surface area contributed by atoms with E-state index < -0.39 is 0 Å². The first-order valence-corrected chi connectivity index (χ1v) is 7.11. The van der Waals surface area contributed by atoms with Crippen molar-refractivity contribution in [3.8, 4) is 5.75 Å². The van der Waals surface area contributed by atoms with Crippen molar-refractivity contribution in [3.63, 3.8) is 0 Å². The highest BCUT2D eigenvalue weighted by molar-refractivity contribution is 5.92. The zero-order valence-corrected chi connectivity index (χ0v) is 12.2. The summed E-state index contributed by atoms with van der Waals surface area (Å²) in [5, 5.41) is 5.63. The fourth-order valence-electron chi connectivity index (χ4n) is 2.27. The van der Waals surface area contributed by atoms with Gasteiger partial charge in [-0.15, -0.1) is 0 Å². The summed E-state index contributed by atoms with van der Waals surface area (Å²) < 4.78 is 5.09. The van der Waals surface area contributed by atoms with E-state index in [1.807, 2.05) is 11.0 Å². The number of nitrogens with one attached hydrogen (secondary N) is 2. The normalized spacial score (nSPS) is 14.0. The number of anilines is 1. The van der Waals surface area contributed by atoms with E-state index in [1.54, 1.807) is 25.3 Å². The van der Waals surface area contributed by atoms with Crippen LogP contribution in [0.3, 0.4) is 0 Å². The third kappa shape index (κ3) is 4.75. The lowest BCUT2D eigenvalue weighted by molar-refractivity contribution is -0.129. The van der Waals surface area contributed by atoms with Crippen molar-refractivity contribution in [2.75, 3.05) is 38.6 Å². The van der Waals surface area contributed by atoms with E-state index in [0.717, 1.165) is 25.9 Å². The Morgan fingerprint density at radius 3 is 2.71 bits per heavy atom. The van der Waals surface area contributed by atoms with Crippen LogP contribution >= 0.6 is 0 Å². The third-order valence-corrected chi connectivity index (χ3v) is 3.37. The van der Waals surface area contributed by atoms with Crippen molar-refractivity contribution < 1.29 is 14.3 Å². The standard InChI is InChI=1S/C15H21N3O3/c1-21-13-6-4-5-12(9-13)17-14(19)10-16-11-15(20)18-7-2-3-8-18/h4-6,9,16H,2-3,7-8,10-11H2,1H3,(H,17,19). The Hall–Kier alpha value is -2.08. The van der Waals surface area contributed by atoms with Crippen molar-refractivity contribution in [1.82, 2.24) is 10.2 Å². The fraction of sp³-hybridized carbons (Fsp3) is 0.467. The Kier molecular flexibility index (Phi) is 5.57. The summed E-state index contributed by atoms with van der Waals surface area (Å²) >= 11 is 0. The first-order chi connectivity index (χ1) is 10.2. The zero-order valence-electron chi connectivity index (χ0n) is 12.2. The molecule has 1 saturated heterocycles. The number of methoxy groups -OCH3 is 1. The van der Waals surface area contributed by atoms with Crippen LogP contribution in [0.5, 0.6) is 5.75 Å². The molecule has 1 heterocycles. The maximum absolute atomic E-state index is 11.8. The van der Waals surface area contributed by atoms with E-state index in [-0.39, 0.29) is 24.9 Å². The first-order valence-electron chi connectivity index (χ1n) is 7.11. The number of hydrogen-bond donors (Lipinski definition) is 2. The van der Waals surface area contributed by atoms with Crippen LogP contribution in [-0.2, 0) is 9.59 Å². The summed E-state index contributed by atoms with van der Waals surface area (Å²) in [5.41, 5.74) is 0.673. The molecule has 1 aromatic rings. The van der Waals surface area contributed by atoms with Crippen LogP contribution in [0.2, 0.25) is 0 Å². The molecule has 1 fully saturated rings. The van der Waals surface area contributed by atoms with Crippen molar-refractivity contribution in [2.45, 2.75) is 12.8 Å². The number of likely N-dealkylation sites (tertiary alicyclic amines) is 1. The third-order valence-electron chi connectivity index (χ3n) is 3.37. The van der Waals surface area contributed by atoms with Crippen LogP contribution in [-0.4, -0.2) is 50.0 Å². The SMILES string of the molecule is COc1cccc(NC(=O)CNCC(=O)N2CCCC2)c1. The molecule has 1 aliphatic rings. The second-order valence-electron chi connectivity index (χ2n) is 4.97. The van der Waals surface area contributed by atoms with E-state index in [9.17, 15) is 9.59 Å². The quantitative estimate of drug-likeness (QED) is 0.815. The van der Waals surface area contributed by atoms with Gasteiger partial charge in [-0.05, 0) is 25.0 Å². The van der Waals surface area contributed by atoms with Crippen LogP contribution in [0.1, 0.15) is 12.8 Å². The number of nitrogens with zero attached hydrogens (tertiary/aromatic N) is 1. The number of carbonyl (C=O) groups is 2. The van der Waals surface area contributed by atoms with Crippen molar-refractivity contribution in [2.24, 2.45) is 0 Å². The van der Waals surface area contributed by atoms with Gasteiger partial charge >= 0.3 is 0 Å². The molecule has 0 aliphatic carbocycles. The number of rotatable bonds is 6. The van der Waals surface area contributed by atoms with E-state index in [4.69, 9.17) is 4.74 Å². The highest BCUT2D eigenvalue weighted by atomic mass is 16.5. The molecule has 2 rings (SSSR count). The minimum absolute atomic E-state index is 0.0571. The molecule has 6 nitrogen and oxygen atoms in total. The lowest BCUT2D eigenvalue weighted by Crippen LogP contribution is -2.39. The van der Waals surface area contributed by atoms with Crippen molar-refractivity contribution in [1.29, 1.82) is 0 Å². The summed E-state index contributed by atoms with van der Waals surface area (Å²) in [6, 6.07) is 7.14. The van der Waals surface area contributed by atoms with Gasteiger partial charge in [0.15, 0.2) is 0 Å². The second-order valence-corrected chi connectivity index (χ2v) is 4.97. The number of ether oxygens (including phenoxy) is 1. The molecule has 0 spiro atoms. The summed E-state index contributed by atoms with van der Waals surface area (Å²) in [5.74, 6) is 0.559. The van der Waals surface area contributed by atoms with Gasteiger partial charge < -0.3 is 15.0 Å². The molecular formula is C15H21N3O3. The largest absolute Gasteiger partial charge is 0.497 e. The van der Waals surface area contributed by atoms with Gasteiger partial charge in [0.05, 0.1) is 20.2 Å². The Morgan fingerprint density at radius 2 is 2.00 bits per heavy atom. The summed E-state index contributed by atoms with van der Waals surface area (Å²) in [4.78, 5) is 25.4. The fourth-order valence-corrected chi connectivity index (χ4v) is 2.27. The summed E-state index contributed by atoms with van der Waals surface area (Å²) in [6.07, 6.45) is 2.14. The molecule has 0 saturated carbocycles. The molecule has 6 heteroatoms. The molecule has 114 valence electrons. The molecule has 0 bridgehead atoms. The van der Waals surface area contributed by atoms with Gasteiger partial charge in [-0.3, -0.25) is 14.9 Å². The van der Waals surface area contributed by atoms with Gasteiger partial charge in [0.1, 0.15) is 5.75 Å². The predicted octanol–water partition coefficient (Wildman–Crippen LogP) is 0.846. The summed E-state index contributed by atoms with van der Waals surface area (Å²) in [7, 11) is 1.58. The van der Waals surface area contributed by atoms with E-state index >= 15 is 0 Å². The average Bonchev–Trinajstić information content (AvgIpc) is 3.01. The Bertz CT molecular complexity index is 499. The van der Waals surface area contributed by atoms with Crippen LogP contribution in [0.4, 0.5) is 5.69 Å². The molecular weight excluding hydrogens is 270 g/mol. The minimum Gasteiger partial charge on any atom is -0.497 e. The highest BCUT2D eigenvalue weighted by Gasteiger charge is 2.17. The second kappa shape index (κ2) is 7.64. The molecule has 0 aromatic heterocycles. The van der Waals surface area contributed by atoms with E-state index in [0.29, 0.717) is 11.4 Å². The maximum atomic E-state index is 11.8. The lowest BCUT2D eigenvalue weighted by atomic mass is 10.3. The molecule has 1 aromatic carbocycles.